The molecule has 1 aliphatic heterocycles. The highest BCUT2D eigenvalue weighted by Gasteiger charge is 2.27. The van der Waals surface area contributed by atoms with Crippen LogP contribution in [0.15, 0.2) is 66.7 Å². The predicted molar refractivity (Wildman–Crippen MR) is 123 cm³/mol. The van der Waals surface area contributed by atoms with Crippen LogP contribution in [-0.4, -0.2) is 11.9 Å². The van der Waals surface area contributed by atoms with Gasteiger partial charge in [0.2, 0.25) is 0 Å². The van der Waals surface area contributed by atoms with E-state index in [1.807, 2.05) is 54.6 Å². The molecule has 0 unspecified atom stereocenters. The zero-order valence-electron chi connectivity index (χ0n) is 17.4. The number of benzene rings is 3. The lowest BCUT2D eigenvalue weighted by molar-refractivity contribution is 0.0965. The normalized spacial score (nSPS) is 20.1. The van der Waals surface area contributed by atoms with E-state index in [9.17, 15) is 4.79 Å². The van der Waals surface area contributed by atoms with Gasteiger partial charge in [-0.3, -0.25) is 4.79 Å². The summed E-state index contributed by atoms with van der Waals surface area (Å²) in [6.45, 7) is 0.557. The van der Waals surface area contributed by atoms with E-state index in [0.29, 0.717) is 18.5 Å². The summed E-state index contributed by atoms with van der Waals surface area (Å²) in [6.07, 6.45) is 4.23. The molecule has 5 heteroatoms. The summed E-state index contributed by atoms with van der Waals surface area (Å²) < 4.78 is 5.89. The minimum atomic E-state index is 0.0130. The van der Waals surface area contributed by atoms with E-state index in [2.05, 4.69) is 22.8 Å². The number of nitrogens with two attached hydrogens (primary N) is 1. The van der Waals surface area contributed by atoms with Crippen molar-refractivity contribution in [3.05, 3.63) is 83.4 Å². The Balaban J connectivity index is 1.38. The number of carbonyl (C=O) groups excluding carboxylic acids is 1. The van der Waals surface area contributed by atoms with Crippen LogP contribution in [0.25, 0.3) is 0 Å². The van der Waals surface area contributed by atoms with Crippen molar-refractivity contribution in [2.45, 2.75) is 44.2 Å². The zero-order valence-corrected chi connectivity index (χ0v) is 17.4. The van der Waals surface area contributed by atoms with E-state index in [0.717, 1.165) is 59.7 Å². The molecule has 158 valence electrons. The van der Waals surface area contributed by atoms with Crippen LogP contribution < -0.4 is 21.1 Å². The molecule has 3 aromatic carbocycles. The Kier molecular flexibility index (Phi) is 5.35. The Morgan fingerprint density at radius 2 is 1.61 bits per heavy atom. The SMILES string of the molecule is NC1CCC(c2cc(Nc3ccc(Oc4ccccc4)cc3)c3c(c2)C(=O)NC3)CC1. The molecule has 31 heavy (non-hydrogen) atoms. The Morgan fingerprint density at radius 3 is 2.35 bits per heavy atom. The molecule has 1 fully saturated rings. The third-order valence-corrected chi connectivity index (χ3v) is 6.30. The largest absolute Gasteiger partial charge is 0.457 e. The minimum Gasteiger partial charge on any atom is -0.457 e. The molecule has 1 amide bonds. The van der Waals surface area contributed by atoms with E-state index in [1.54, 1.807) is 0 Å². The number of fused-ring (bicyclic) bond motifs is 1. The molecule has 0 aromatic heterocycles. The van der Waals surface area contributed by atoms with Crippen molar-refractivity contribution >= 4 is 17.3 Å². The number of para-hydroxylation sites is 1. The number of anilines is 2. The smallest absolute Gasteiger partial charge is 0.251 e. The summed E-state index contributed by atoms with van der Waals surface area (Å²) in [4.78, 5) is 12.4. The maximum absolute atomic E-state index is 12.4. The van der Waals surface area contributed by atoms with Gasteiger partial charge in [-0.1, -0.05) is 18.2 Å². The number of rotatable bonds is 5. The van der Waals surface area contributed by atoms with Crippen LogP contribution in [-0.2, 0) is 6.54 Å². The van der Waals surface area contributed by atoms with Crippen molar-refractivity contribution < 1.29 is 9.53 Å². The summed E-state index contributed by atoms with van der Waals surface area (Å²) in [5, 5.41) is 6.50. The van der Waals surface area contributed by atoms with Crippen LogP contribution in [0.2, 0.25) is 0 Å². The molecule has 0 saturated heterocycles. The van der Waals surface area contributed by atoms with Crippen LogP contribution in [0.1, 0.15) is 53.1 Å². The van der Waals surface area contributed by atoms with Crippen LogP contribution in [0.3, 0.4) is 0 Å². The molecule has 1 saturated carbocycles. The first-order valence-electron chi connectivity index (χ1n) is 11.0. The maximum Gasteiger partial charge on any atom is 0.251 e. The average Bonchev–Trinajstić information content (AvgIpc) is 3.17. The Hall–Kier alpha value is -3.31. The van der Waals surface area contributed by atoms with Gasteiger partial charge in [0, 0.05) is 35.1 Å². The van der Waals surface area contributed by atoms with Gasteiger partial charge in [0.25, 0.3) is 5.91 Å². The van der Waals surface area contributed by atoms with Crippen LogP contribution in [0, 0.1) is 0 Å². The molecular formula is C26H27N3O2. The Bertz CT molecular complexity index is 1070. The van der Waals surface area contributed by atoms with Crippen LogP contribution in [0.5, 0.6) is 11.5 Å². The first kappa shape index (κ1) is 19.6. The molecule has 4 N–H and O–H groups in total. The number of hydrogen-bond donors (Lipinski definition) is 3. The van der Waals surface area contributed by atoms with Gasteiger partial charge >= 0.3 is 0 Å². The molecule has 1 heterocycles. The van der Waals surface area contributed by atoms with Crippen molar-refractivity contribution in [2.75, 3.05) is 5.32 Å². The Labute approximate surface area is 182 Å². The lowest BCUT2D eigenvalue weighted by atomic mass is 9.81. The van der Waals surface area contributed by atoms with Crippen LogP contribution in [0.4, 0.5) is 11.4 Å². The van der Waals surface area contributed by atoms with Crippen molar-refractivity contribution in [3.63, 3.8) is 0 Å². The number of ether oxygens (including phenoxy) is 1. The lowest BCUT2D eigenvalue weighted by Crippen LogP contribution is -2.25. The highest BCUT2D eigenvalue weighted by atomic mass is 16.5. The third-order valence-electron chi connectivity index (χ3n) is 6.30. The number of nitrogens with one attached hydrogen (secondary N) is 2. The lowest BCUT2D eigenvalue weighted by Gasteiger charge is -2.27. The standard InChI is InChI=1S/C26H27N3O2/c27-19-8-6-17(7-9-19)18-14-23-24(16-28-26(23)30)25(15-18)29-20-10-12-22(13-11-20)31-21-4-2-1-3-5-21/h1-5,10-15,17,19,29H,6-9,16,27H2,(H,28,30). The highest BCUT2D eigenvalue weighted by Crippen LogP contribution is 2.37. The Morgan fingerprint density at radius 1 is 0.903 bits per heavy atom. The number of amides is 1. The van der Waals surface area contributed by atoms with Crippen LogP contribution >= 0.6 is 0 Å². The van der Waals surface area contributed by atoms with Gasteiger partial charge in [-0.2, -0.15) is 0 Å². The zero-order chi connectivity index (χ0) is 21.2. The van der Waals surface area contributed by atoms with Crippen molar-refractivity contribution in [1.82, 2.24) is 5.32 Å². The topological polar surface area (TPSA) is 76.4 Å². The number of carbonyl (C=O) groups is 1. The predicted octanol–water partition coefficient (Wildman–Crippen LogP) is 5.45. The molecule has 5 rings (SSSR count). The maximum atomic E-state index is 12.4. The molecule has 0 atom stereocenters. The molecule has 5 nitrogen and oxygen atoms in total. The first-order chi connectivity index (χ1) is 15.2. The van der Waals surface area contributed by atoms with Gasteiger partial charge in [0.1, 0.15) is 11.5 Å². The molecule has 0 bridgehead atoms. The van der Waals surface area contributed by atoms with E-state index in [1.165, 1.54) is 5.56 Å². The molecule has 3 aromatic rings. The summed E-state index contributed by atoms with van der Waals surface area (Å²) in [6, 6.07) is 22.3. The first-order valence-corrected chi connectivity index (χ1v) is 11.0. The molecule has 2 aliphatic rings. The molecule has 0 radical (unpaired) electrons. The average molecular weight is 414 g/mol. The molecule has 0 spiro atoms. The van der Waals surface area contributed by atoms with E-state index in [4.69, 9.17) is 10.5 Å². The summed E-state index contributed by atoms with van der Waals surface area (Å²) in [7, 11) is 0. The second-order valence-electron chi connectivity index (χ2n) is 8.45. The van der Waals surface area contributed by atoms with Gasteiger partial charge in [-0.25, -0.2) is 0 Å². The summed E-state index contributed by atoms with van der Waals surface area (Å²) in [5.74, 6) is 2.07. The number of hydrogen-bond acceptors (Lipinski definition) is 4. The highest BCUT2D eigenvalue weighted by molar-refractivity contribution is 6.00. The quantitative estimate of drug-likeness (QED) is 0.520. The second kappa shape index (κ2) is 8.44. The molecule has 1 aliphatic carbocycles. The fourth-order valence-corrected chi connectivity index (χ4v) is 4.54. The minimum absolute atomic E-state index is 0.0130. The third kappa shape index (κ3) is 4.28. The summed E-state index contributed by atoms with van der Waals surface area (Å²) >= 11 is 0. The summed E-state index contributed by atoms with van der Waals surface area (Å²) in [5.41, 5.74) is 11.1. The van der Waals surface area contributed by atoms with Gasteiger partial charge in [-0.15, -0.1) is 0 Å². The van der Waals surface area contributed by atoms with Gasteiger partial charge in [-0.05, 0) is 85.7 Å². The van der Waals surface area contributed by atoms with Crippen molar-refractivity contribution in [3.8, 4) is 11.5 Å². The van der Waals surface area contributed by atoms with Gasteiger partial charge in [0.15, 0.2) is 0 Å². The van der Waals surface area contributed by atoms with E-state index in [-0.39, 0.29) is 5.91 Å². The monoisotopic (exact) mass is 413 g/mol. The van der Waals surface area contributed by atoms with Crippen molar-refractivity contribution in [2.24, 2.45) is 5.73 Å². The van der Waals surface area contributed by atoms with E-state index >= 15 is 0 Å². The van der Waals surface area contributed by atoms with Gasteiger partial charge in [0.05, 0.1) is 0 Å². The van der Waals surface area contributed by atoms with Gasteiger partial charge < -0.3 is 21.1 Å². The second-order valence-corrected chi connectivity index (χ2v) is 8.45. The fraction of sp³-hybridized carbons (Fsp3) is 0.269. The van der Waals surface area contributed by atoms with E-state index < -0.39 is 0 Å². The van der Waals surface area contributed by atoms with Crippen molar-refractivity contribution in [1.29, 1.82) is 0 Å². The molecular weight excluding hydrogens is 386 g/mol. The fourth-order valence-electron chi connectivity index (χ4n) is 4.54.